The van der Waals surface area contributed by atoms with Crippen molar-refractivity contribution < 1.29 is 4.79 Å². The average molecular weight is 260 g/mol. The highest BCUT2D eigenvalue weighted by atomic mass is 32.2. The van der Waals surface area contributed by atoms with E-state index in [1.165, 1.54) is 5.56 Å². The molecule has 2 heteroatoms. The van der Waals surface area contributed by atoms with Gasteiger partial charge in [-0.2, -0.15) is 0 Å². The van der Waals surface area contributed by atoms with Gasteiger partial charge < -0.3 is 0 Å². The molecule has 1 aromatic carbocycles. The molecule has 0 heterocycles. The molecule has 0 spiro atoms. The first-order valence-electron chi connectivity index (χ1n) is 6.08. The number of rotatable bonds is 4. The third-order valence-corrected chi connectivity index (χ3v) is 3.24. The van der Waals surface area contributed by atoms with Crippen molar-refractivity contribution >= 4 is 17.5 Å². The molecule has 0 amide bonds. The molecule has 1 rings (SSSR count). The van der Waals surface area contributed by atoms with Crippen molar-refractivity contribution in [3.05, 3.63) is 29.8 Å². The zero-order valence-corrected chi connectivity index (χ0v) is 12.4. The first kappa shape index (κ1) is 14.9. The fourth-order valence-electron chi connectivity index (χ4n) is 1.26. The highest BCUT2D eigenvalue weighted by Crippen LogP contribution is 2.18. The second-order valence-corrected chi connectivity index (χ2v) is 6.42. The first-order chi connectivity index (χ1) is 8.37. The standard InChI is InChI=1S/C16H20OS/c1-13-7-9-15(10-8-13)18-12-14(17)6-5-11-16(2,3)4/h7-10H,6,12H2,1-4H3. The van der Waals surface area contributed by atoms with Gasteiger partial charge in [0, 0.05) is 10.3 Å². The van der Waals surface area contributed by atoms with E-state index in [1.807, 2.05) is 32.9 Å². The molecular weight excluding hydrogens is 240 g/mol. The normalized spacial score (nSPS) is 10.7. The molecule has 0 aliphatic carbocycles. The van der Waals surface area contributed by atoms with E-state index < -0.39 is 0 Å². The molecule has 1 nitrogen and oxygen atoms in total. The largest absolute Gasteiger partial charge is 0.298 e. The minimum atomic E-state index is -0.0234. The van der Waals surface area contributed by atoms with E-state index in [2.05, 4.69) is 30.9 Å². The average Bonchev–Trinajstić information content (AvgIpc) is 2.26. The summed E-state index contributed by atoms with van der Waals surface area (Å²) in [6, 6.07) is 8.22. The van der Waals surface area contributed by atoms with Crippen LogP contribution in [-0.4, -0.2) is 11.5 Å². The molecule has 0 fully saturated rings. The van der Waals surface area contributed by atoms with E-state index >= 15 is 0 Å². The maximum atomic E-state index is 11.6. The van der Waals surface area contributed by atoms with Crippen LogP contribution in [0.15, 0.2) is 29.2 Å². The van der Waals surface area contributed by atoms with Crippen LogP contribution in [0.2, 0.25) is 0 Å². The summed E-state index contributed by atoms with van der Waals surface area (Å²) in [5, 5.41) is 0. The van der Waals surface area contributed by atoms with Crippen molar-refractivity contribution in [2.75, 3.05) is 5.75 Å². The molecule has 96 valence electrons. The smallest absolute Gasteiger partial charge is 0.154 e. The number of carbonyl (C=O) groups is 1. The van der Waals surface area contributed by atoms with E-state index in [-0.39, 0.29) is 11.2 Å². The van der Waals surface area contributed by atoms with Crippen molar-refractivity contribution in [3.63, 3.8) is 0 Å². The topological polar surface area (TPSA) is 17.1 Å². The molecule has 0 radical (unpaired) electrons. The summed E-state index contributed by atoms with van der Waals surface area (Å²) >= 11 is 1.58. The van der Waals surface area contributed by atoms with Crippen LogP contribution in [0.4, 0.5) is 0 Å². The predicted molar refractivity (Wildman–Crippen MR) is 78.8 cm³/mol. The second kappa shape index (κ2) is 6.66. The number of benzene rings is 1. The van der Waals surface area contributed by atoms with E-state index in [0.29, 0.717) is 12.2 Å². The van der Waals surface area contributed by atoms with Crippen molar-refractivity contribution in [1.82, 2.24) is 0 Å². The van der Waals surface area contributed by atoms with E-state index in [0.717, 1.165) is 4.90 Å². The van der Waals surface area contributed by atoms with Crippen LogP contribution in [0.3, 0.4) is 0 Å². The van der Waals surface area contributed by atoms with Gasteiger partial charge in [0.05, 0.1) is 12.2 Å². The zero-order chi connectivity index (χ0) is 13.6. The Morgan fingerprint density at radius 3 is 2.39 bits per heavy atom. The van der Waals surface area contributed by atoms with Gasteiger partial charge in [-0.05, 0) is 39.8 Å². The van der Waals surface area contributed by atoms with Gasteiger partial charge in [-0.15, -0.1) is 11.8 Å². The lowest BCUT2D eigenvalue weighted by atomic mass is 9.98. The van der Waals surface area contributed by atoms with E-state index in [1.54, 1.807) is 11.8 Å². The van der Waals surface area contributed by atoms with Gasteiger partial charge in [-0.25, -0.2) is 0 Å². The molecule has 0 aliphatic heterocycles. The fraction of sp³-hybridized carbons (Fsp3) is 0.438. The molecule has 0 aliphatic rings. The van der Waals surface area contributed by atoms with Crippen LogP contribution < -0.4 is 0 Å². The van der Waals surface area contributed by atoms with Crippen LogP contribution in [0.5, 0.6) is 0 Å². The number of ketones is 1. The lowest BCUT2D eigenvalue weighted by Gasteiger charge is -2.06. The Morgan fingerprint density at radius 2 is 1.83 bits per heavy atom. The van der Waals surface area contributed by atoms with Gasteiger partial charge in [-0.1, -0.05) is 29.5 Å². The second-order valence-electron chi connectivity index (χ2n) is 5.37. The summed E-state index contributed by atoms with van der Waals surface area (Å²) in [4.78, 5) is 12.8. The molecule has 0 saturated carbocycles. The highest BCUT2D eigenvalue weighted by molar-refractivity contribution is 8.00. The molecule has 0 N–H and O–H groups in total. The third kappa shape index (κ3) is 6.51. The van der Waals surface area contributed by atoms with E-state index in [9.17, 15) is 4.79 Å². The van der Waals surface area contributed by atoms with Gasteiger partial charge in [0.15, 0.2) is 5.78 Å². The SMILES string of the molecule is Cc1ccc(SCC(=O)CC#CC(C)(C)C)cc1. The Morgan fingerprint density at radius 1 is 1.22 bits per heavy atom. The maximum absolute atomic E-state index is 11.6. The summed E-state index contributed by atoms with van der Waals surface area (Å²) < 4.78 is 0. The molecule has 1 aromatic rings. The van der Waals surface area contributed by atoms with Crippen LogP contribution in [-0.2, 0) is 4.79 Å². The Kier molecular flexibility index (Phi) is 5.50. The monoisotopic (exact) mass is 260 g/mol. The Labute approximate surface area is 114 Å². The van der Waals surface area contributed by atoms with Gasteiger partial charge >= 0.3 is 0 Å². The maximum Gasteiger partial charge on any atom is 0.154 e. The van der Waals surface area contributed by atoms with Gasteiger partial charge in [0.1, 0.15) is 0 Å². The molecule has 18 heavy (non-hydrogen) atoms. The minimum absolute atomic E-state index is 0.0234. The number of thioether (sulfide) groups is 1. The number of carbonyl (C=O) groups excluding carboxylic acids is 1. The number of hydrogen-bond donors (Lipinski definition) is 0. The zero-order valence-electron chi connectivity index (χ0n) is 11.5. The molecule has 0 saturated heterocycles. The number of Topliss-reactive ketones (excluding diaryl/α,β-unsaturated/α-hetero) is 1. The molecular formula is C16H20OS. The van der Waals surface area contributed by atoms with Gasteiger partial charge in [0.25, 0.3) is 0 Å². The third-order valence-electron chi connectivity index (χ3n) is 2.17. The van der Waals surface area contributed by atoms with Gasteiger partial charge in [-0.3, -0.25) is 4.79 Å². The molecule has 0 unspecified atom stereocenters. The lowest BCUT2D eigenvalue weighted by molar-refractivity contribution is -0.115. The van der Waals surface area contributed by atoms with Crippen LogP contribution in [0, 0.1) is 24.2 Å². The van der Waals surface area contributed by atoms with Gasteiger partial charge in [0.2, 0.25) is 0 Å². The predicted octanol–water partition coefficient (Wildman–Crippen LogP) is 4.10. The van der Waals surface area contributed by atoms with Crippen molar-refractivity contribution in [3.8, 4) is 11.8 Å². The molecule has 0 aromatic heterocycles. The Balaban J connectivity index is 2.37. The van der Waals surface area contributed by atoms with Crippen molar-refractivity contribution in [1.29, 1.82) is 0 Å². The van der Waals surface area contributed by atoms with Crippen molar-refractivity contribution in [2.45, 2.75) is 39.0 Å². The number of hydrogen-bond acceptors (Lipinski definition) is 2. The lowest BCUT2D eigenvalue weighted by Crippen LogP contribution is -2.02. The summed E-state index contributed by atoms with van der Waals surface area (Å²) in [5.41, 5.74) is 1.21. The van der Waals surface area contributed by atoms with E-state index in [4.69, 9.17) is 0 Å². The first-order valence-corrected chi connectivity index (χ1v) is 7.06. The van der Waals surface area contributed by atoms with Crippen LogP contribution >= 0.6 is 11.8 Å². The van der Waals surface area contributed by atoms with Crippen molar-refractivity contribution in [2.24, 2.45) is 5.41 Å². The summed E-state index contributed by atoms with van der Waals surface area (Å²) in [6.45, 7) is 8.20. The fourth-order valence-corrected chi connectivity index (χ4v) is 2.02. The molecule has 0 bridgehead atoms. The van der Waals surface area contributed by atoms with Crippen LogP contribution in [0.25, 0.3) is 0 Å². The van der Waals surface area contributed by atoms with Crippen LogP contribution in [0.1, 0.15) is 32.8 Å². The minimum Gasteiger partial charge on any atom is -0.298 e. The quantitative estimate of drug-likeness (QED) is 0.599. The summed E-state index contributed by atoms with van der Waals surface area (Å²) in [5.74, 6) is 6.73. The highest BCUT2D eigenvalue weighted by Gasteiger charge is 2.05. The Hall–Kier alpha value is -1.20. The molecule has 0 atom stereocenters. The summed E-state index contributed by atoms with van der Waals surface area (Å²) in [7, 11) is 0. The summed E-state index contributed by atoms with van der Waals surface area (Å²) in [6.07, 6.45) is 0.357. The Bertz CT molecular complexity index is 455. The number of aryl methyl sites for hydroxylation is 1.